The van der Waals surface area contributed by atoms with Crippen molar-refractivity contribution in [1.29, 1.82) is 0 Å². The summed E-state index contributed by atoms with van der Waals surface area (Å²) in [5, 5.41) is 7.28. The third-order valence-corrected chi connectivity index (χ3v) is 2.44. The summed E-state index contributed by atoms with van der Waals surface area (Å²) in [4.78, 5) is 1.15. The van der Waals surface area contributed by atoms with Gasteiger partial charge >= 0.3 is 6.18 Å². The highest BCUT2D eigenvalue weighted by Crippen LogP contribution is 2.20. The Hall–Kier alpha value is -0.890. The molecule has 4 nitrogen and oxygen atoms in total. The predicted molar refractivity (Wildman–Crippen MR) is 51.8 cm³/mol. The summed E-state index contributed by atoms with van der Waals surface area (Å²) in [6, 6.07) is 0. The van der Waals surface area contributed by atoms with Crippen LogP contribution >= 0.6 is 11.5 Å². The van der Waals surface area contributed by atoms with Crippen LogP contribution in [-0.4, -0.2) is 41.3 Å². The Kier molecular flexibility index (Phi) is 3.86. The lowest BCUT2D eigenvalue weighted by Gasteiger charge is -2.17. The minimum absolute atomic E-state index is 0.131. The quantitative estimate of drug-likeness (QED) is 0.867. The molecule has 0 aliphatic rings. The summed E-state index contributed by atoms with van der Waals surface area (Å²) in [7, 11) is 3.08. The molecule has 1 heterocycles. The summed E-state index contributed by atoms with van der Waals surface area (Å²) in [6.07, 6.45) is -4.18. The van der Waals surface area contributed by atoms with E-state index in [0.29, 0.717) is 10.7 Å². The fourth-order valence-electron chi connectivity index (χ4n) is 1.12. The molecular formula is C7H11F3N4S. The van der Waals surface area contributed by atoms with Gasteiger partial charge in [-0.3, -0.25) is 4.90 Å². The molecule has 0 unspecified atom stereocenters. The van der Waals surface area contributed by atoms with Gasteiger partial charge in [0.1, 0.15) is 10.7 Å². The Morgan fingerprint density at radius 1 is 1.47 bits per heavy atom. The smallest absolute Gasteiger partial charge is 0.377 e. The van der Waals surface area contributed by atoms with Crippen LogP contribution < -0.4 is 5.32 Å². The molecule has 0 aliphatic heterocycles. The third-order valence-electron chi connectivity index (χ3n) is 1.65. The number of hydrogen-bond acceptors (Lipinski definition) is 5. The fourth-order valence-corrected chi connectivity index (χ4v) is 1.64. The van der Waals surface area contributed by atoms with E-state index in [1.54, 1.807) is 7.05 Å². The highest BCUT2D eigenvalue weighted by Gasteiger charge is 2.29. The molecular weight excluding hydrogens is 229 g/mol. The molecule has 86 valence electrons. The van der Waals surface area contributed by atoms with Gasteiger partial charge in [0.15, 0.2) is 0 Å². The standard InChI is InChI=1S/C7H11F3N4S/c1-11-6-5(12-13-15-6)3-14(2)4-7(8,9)10/h11H,3-4H2,1-2H3. The van der Waals surface area contributed by atoms with E-state index in [1.165, 1.54) is 7.05 Å². The maximum Gasteiger partial charge on any atom is 0.401 e. The van der Waals surface area contributed by atoms with E-state index in [4.69, 9.17) is 0 Å². The molecule has 0 aliphatic carbocycles. The van der Waals surface area contributed by atoms with Crippen molar-refractivity contribution in [2.45, 2.75) is 12.7 Å². The normalized spacial score (nSPS) is 12.1. The molecule has 0 aromatic carbocycles. The van der Waals surface area contributed by atoms with Crippen LogP contribution in [0.4, 0.5) is 18.2 Å². The first-order valence-electron chi connectivity index (χ1n) is 4.16. The largest absolute Gasteiger partial charge is 0.401 e. The Morgan fingerprint density at radius 3 is 2.67 bits per heavy atom. The first-order valence-corrected chi connectivity index (χ1v) is 4.94. The van der Waals surface area contributed by atoms with E-state index in [1.807, 2.05) is 0 Å². The van der Waals surface area contributed by atoms with Gasteiger partial charge in [-0.2, -0.15) is 13.2 Å². The lowest BCUT2D eigenvalue weighted by atomic mass is 10.4. The van der Waals surface area contributed by atoms with Gasteiger partial charge in [0, 0.05) is 25.1 Å². The molecule has 15 heavy (non-hydrogen) atoms. The minimum atomic E-state index is -4.18. The molecule has 0 spiro atoms. The topological polar surface area (TPSA) is 41.1 Å². The molecule has 0 radical (unpaired) electrons. The van der Waals surface area contributed by atoms with Crippen molar-refractivity contribution in [3.63, 3.8) is 0 Å². The number of hydrogen-bond donors (Lipinski definition) is 1. The van der Waals surface area contributed by atoms with Crippen LogP contribution in [0, 0.1) is 0 Å². The van der Waals surface area contributed by atoms with Crippen molar-refractivity contribution >= 4 is 16.5 Å². The molecule has 1 aromatic rings. The third kappa shape index (κ3) is 4.00. The van der Waals surface area contributed by atoms with Gasteiger partial charge in [-0.05, 0) is 7.05 Å². The Morgan fingerprint density at radius 2 is 2.13 bits per heavy atom. The predicted octanol–water partition coefficient (Wildman–Crippen LogP) is 1.57. The van der Waals surface area contributed by atoms with Crippen molar-refractivity contribution in [3.8, 4) is 0 Å². The van der Waals surface area contributed by atoms with Crippen molar-refractivity contribution in [3.05, 3.63) is 5.69 Å². The van der Waals surface area contributed by atoms with Crippen LogP contribution in [0.25, 0.3) is 0 Å². The van der Waals surface area contributed by atoms with Crippen molar-refractivity contribution < 1.29 is 13.2 Å². The molecule has 1 N–H and O–H groups in total. The van der Waals surface area contributed by atoms with Crippen LogP contribution in [0.2, 0.25) is 0 Å². The average molecular weight is 240 g/mol. The van der Waals surface area contributed by atoms with Gasteiger partial charge in [-0.15, -0.1) is 5.10 Å². The number of aromatic nitrogens is 2. The molecule has 1 rings (SSSR count). The lowest BCUT2D eigenvalue weighted by molar-refractivity contribution is -0.144. The summed E-state index contributed by atoms with van der Waals surface area (Å²) in [6.45, 7) is -0.820. The van der Waals surface area contributed by atoms with Gasteiger partial charge in [0.2, 0.25) is 0 Å². The van der Waals surface area contributed by atoms with Gasteiger partial charge in [-0.1, -0.05) is 4.49 Å². The second-order valence-corrected chi connectivity index (χ2v) is 3.84. The number of nitrogens with zero attached hydrogens (tertiary/aromatic N) is 3. The zero-order valence-corrected chi connectivity index (χ0v) is 9.11. The van der Waals surface area contributed by atoms with Crippen molar-refractivity contribution in [2.24, 2.45) is 0 Å². The Balaban J connectivity index is 2.55. The molecule has 0 saturated heterocycles. The maximum absolute atomic E-state index is 12.0. The molecule has 0 amide bonds. The van der Waals surface area contributed by atoms with Crippen molar-refractivity contribution in [1.82, 2.24) is 14.5 Å². The van der Waals surface area contributed by atoms with Crippen LogP contribution in [0.15, 0.2) is 0 Å². The number of halogens is 3. The highest BCUT2D eigenvalue weighted by atomic mass is 32.1. The van der Waals surface area contributed by atoms with Crippen molar-refractivity contribution in [2.75, 3.05) is 26.0 Å². The van der Waals surface area contributed by atoms with E-state index < -0.39 is 12.7 Å². The van der Waals surface area contributed by atoms with Crippen LogP contribution in [0.5, 0.6) is 0 Å². The molecule has 0 fully saturated rings. The number of nitrogens with one attached hydrogen (secondary N) is 1. The zero-order chi connectivity index (χ0) is 11.5. The second kappa shape index (κ2) is 4.75. The average Bonchev–Trinajstić information content (AvgIpc) is 2.48. The number of anilines is 1. The number of alkyl halides is 3. The molecule has 8 heteroatoms. The van der Waals surface area contributed by atoms with E-state index in [2.05, 4.69) is 14.9 Å². The maximum atomic E-state index is 12.0. The van der Waals surface area contributed by atoms with E-state index >= 15 is 0 Å². The second-order valence-electron chi connectivity index (χ2n) is 3.09. The Bertz CT molecular complexity index is 311. The molecule has 1 aromatic heterocycles. The summed E-state index contributed by atoms with van der Waals surface area (Å²) < 4.78 is 39.7. The molecule has 0 bridgehead atoms. The number of rotatable bonds is 4. The Labute approximate surface area is 89.3 Å². The van der Waals surface area contributed by atoms with E-state index in [9.17, 15) is 13.2 Å². The monoisotopic (exact) mass is 240 g/mol. The lowest BCUT2D eigenvalue weighted by Crippen LogP contribution is -2.30. The van der Waals surface area contributed by atoms with Crippen LogP contribution in [0.1, 0.15) is 5.69 Å². The van der Waals surface area contributed by atoms with Gasteiger partial charge in [0.05, 0.1) is 6.54 Å². The zero-order valence-electron chi connectivity index (χ0n) is 8.30. The van der Waals surface area contributed by atoms with E-state index in [0.717, 1.165) is 16.4 Å². The molecule has 0 atom stereocenters. The van der Waals surface area contributed by atoms with Crippen LogP contribution in [-0.2, 0) is 6.54 Å². The highest BCUT2D eigenvalue weighted by molar-refractivity contribution is 7.10. The van der Waals surface area contributed by atoms with Gasteiger partial charge < -0.3 is 5.32 Å². The SMILES string of the molecule is CNc1snnc1CN(C)CC(F)(F)F. The van der Waals surface area contributed by atoms with Crippen LogP contribution in [0.3, 0.4) is 0 Å². The fraction of sp³-hybridized carbons (Fsp3) is 0.714. The molecule has 0 saturated carbocycles. The van der Waals surface area contributed by atoms with E-state index in [-0.39, 0.29) is 6.54 Å². The minimum Gasteiger partial charge on any atom is -0.377 e. The van der Waals surface area contributed by atoms with Gasteiger partial charge in [-0.25, -0.2) is 0 Å². The first kappa shape index (κ1) is 12.2. The first-order chi connectivity index (χ1) is 6.92. The summed E-state index contributed by atoms with van der Waals surface area (Å²) in [5.41, 5.74) is 0.536. The summed E-state index contributed by atoms with van der Waals surface area (Å²) >= 11 is 1.13. The van der Waals surface area contributed by atoms with Gasteiger partial charge in [0.25, 0.3) is 0 Å². The summed E-state index contributed by atoms with van der Waals surface area (Å²) in [5.74, 6) is 0.